The van der Waals surface area contributed by atoms with Gasteiger partial charge in [0.2, 0.25) is 5.91 Å². The van der Waals surface area contributed by atoms with E-state index in [1.807, 2.05) is 4.90 Å². The van der Waals surface area contributed by atoms with Crippen molar-refractivity contribution in [3.05, 3.63) is 47.8 Å². The molecular formula is C20H25N3O3S. The lowest BCUT2D eigenvalue weighted by atomic mass is 10.0. The van der Waals surface area contributed by atoms with Crippen LogP contribution in [0.1, 0.15) is 54.6 Å². The molecule has 0 atom stereocenters. The molecule has 1 aromatic heterocycles. The van der Waals surface area contributed by atoms with Crippen LogP contribution in [0.4, 0.5) is 0 Å². The van der Waals surface area contributed by atoms with E-state index in [2.05, 4.69) is 43.2 Å². The Labute approximate surface area is 163 Å². The number of thioether (sulfide) groups is 1. The van der Waals surface area contributed by atoms with E-state index in [0.29, 0.717) is 24.8 Å². The third kappa shape index (κ3) is 4.91. The van der Waals surface area contributed by atoms with Crippen LogP contribution in [0, 0.1) is 0 Å². The fourth-order valence-corrected chi connectivity index (χ4v) is 4.01. The average Bonchev–Trinajstić information content (AvgIpc) is 3.17. The van der Waals surface area contributed by atoms with E-state index >= 15 is 0 Å². The number of hydrogen-bond acceptors (Lipinski definition) is 4. The minimum absolute atomic E-state index is 0.151. The maximum atomic E-state index is 12.5. The second-order valence-electron chi connectivity index (χ2n) is 7.14. The van der Waals surface area contributed by atoms with Crippen molar-refractivity contribution in [1.82, 2.24) is 14.7 Å². The molecule has 1 N–H and O–H groups in total. The highest BCUT2D eigenvalue weighted by Gasteiger charge is 2.24. The summed E-state index contributed by atoms with van der Waals surface area (Å²) in [4.78, 5) is 26.5. The molecule has 144 valence electrons. The van der Waals surface area contributed by atoms with Crippen LogP contribution in [0.15, 0.2) is 41.6 Å². The zero-order valence-electron chi connectivity index (χ0n) is 15.7. The molecular weight excluding hydrogens is 362 g/mol. The summed E-state index contributed by atoms with van der Waals surface area (Å²) in [5.74, 6) is 0.134. The highest BCUT2D eigenvalue weighted by atomic mass is 32.2. The molecule has 0 saturated carbocycles. The third-order valence-corrected chi connectivity index (χ3v) is 5.95. The zero-order valence-corrected chi connectivity index (χ0v) is 16.5. The molecule has 1 fully saturated rings. The van der Waals surface area contributed by atoms with Gasteiger partial charge in [-0.1, -0.05) is 26.0 Å². The van der Waals surface area contributed by atoms with Crippen LogP contribution in [0.5, 0.6) is 0 Å². The van der Waals surface area contributed by atoms with E-state index in [0.717, 1.165) is 17.7 Å². The number of amides is 1. The molecule has 1 saturated heterocycles. The van der Waals surface area contributed by atoms with Gasteiger partial charge in [0.15, 0.2) is 0 Å². The van der Waals surface area contributed by atoms with E-state index in [9.17, 15) is 9.59 Å². The molecule has 2 heterocycles. The van der Waals surface area contributed by atoms with Crippen LogP contribution in [0.3, 0.4) is 0 Å². The maximum absolute atomic E-state index is 12.5. The lowest BCUT2D eigenvalue weighted by molar-refractivity contribution is -0.129. The topological polar surface area (TPSA) is 75.4 Å². The lowest BCUT2D eigenvalue weighted by Gasteiger charge is -2.32. The third-order valence-electron chi connectivity index (χ3n) is 4.95. The molecule has 27 heavy (non-hydrogen) atoms. The Bertz CT molecular complexity index is 793. The van der Waals surface area contributed by atoms with Crippen molar-refractivity contribution in [2.75, 3.05) is 18.8 Å². The number of aromatic carboxylic acids is 1. The van der Waals surface area contributed by atoms with Crippen LogP contribution in [-0.2, 0) is 4.79 Å². The summed E-state index contributed by atoms with van der Waals surface area (Å²) in [5, 5.41) is 13.2. The quantitative estimate of drug-likeness (QED) is 0.766. The van der Waals surface area contributed by atoms with Gasteiger partial charge in [-0.05, 0) is 36.5 Å². The van der Waals surface area contributed by atoms with Crippen LogP contribution >= 0.6 is 11.8 Å². The minimum Gasteiger partial charge on any atom is -0.478 e. The largest absolute Gasteiger partial charge is 0.478 e. The normalized spacial score (nSPS) is 15.3. The SMILES string of the molecule is CC(C)c1ccc(SCC(=O)N2CCC(n3cc(C(=O)O)cn3)CC2)cc1. The zero-order chi connectivity index (χ0) is 19.4. The van der Waals surface area contributed by atoms with Crippen LogP contribution < -0.4 is 0 Å². The van der Waals surface area contributed by atoms with Crippen molar-refractivity contribution in [3.63, 3.8) is 0 Å². The second-order valence-corrected chi connectivity index (χ2v) is 8.19. The number of nitrogens with zero attached hydrogens (tertiary/aromatic N) is 3. The number of aromatic nitrogens is 2. The molecule has 3 rings (SSSR count). The standard InChI is InChI=1S/C20H25N3O3S/c1-14(2)15-3-5-18(6-4-15)27-13-19(24)22-9-7-17(8-10-22)23-12-16(11-21-23)20(25)26/h3-6,11-12,14,17H,7-10,13H2,1-2H3,(H,25,26). The highest BCUT2D eigenvalue weighted by Crippen LogP contribution is 2.25. The summed E-state index contributed by atoms with van der Waals surface area (Å²) < 4.78 is 1.72. The van der Waals surface area contributed by atoms with Gasteiger partial charge in [0.05, 0.1) is 23.6 Å². The van der Waals surface area contributed by atoms with E-state index in [-0.39, 0.29) is 17.5 Å². The fourth-order valence-electron chi connectivity index (χ4n) is 3.21. The average molecular weight is 388 g/mol. The maximum Gasteiger partial charge on any atom is 0.338 e. The monoisotopic (exact) mass is 387 g/mol. The summed E-state index contributed by atoms with van der Waals surface area (Å²) in [5.41, 5.74) is 1.51. The number of carbonyl (C=O) groups excluding carboxylic acids is 1. The lowest BCUT2D eigenvalue weighted by Crippen LogP contribution is -2.40. The van der Waals surface area contributed by atoms with Crippen molar-refractivity contribution >= 4 is 23.6 Å². The number of benzene rings is 1. The molecule has 1 aliphatic heterocycles. The fraction of sp³-hybridized carbons (Fsp3) is 0.450. The number of likely N-dealkylation sites (tertiary alicyclic amines) is 1. The highest BCUT2D eigenvalue weighted by molar-refractivity contribution is 8.00. The van der Waals surface area contributed by atoms with Gasteiger partial charge in [-0.2, -0.15) is 5.10 Å². The first-order valence-electron chi connectivity index (χ1n) is 9.22. The van der Waals surface area contributed by atoms with Crippen LogP contribution in [0.2, 0.25) is 0 Å². The first-order valence-corrected chi connectivity index (χ1v) is 10.2. The molecule has 0 unspecified atom stereocenters. The molecule has 6 nitrogen and oxygen atoms in total. The molecule has 0 radical (unpaired) electrons. The minimum atomic E-state index is -0.965. The molecule has 1 aromatic carbocycles. The van der Waals surface area contributed by atoms with Gasteiger partial charge in [-0.3, -0.25) is 9.48 Å². The van der Waals surface area contributed by atoms with Crippen molar-refractivity contribution in [2.45, 2.75) is 43.5 Å². The predicted octanol–water partition coefficient (Wildman–Crippen LogP) is 3.66. The van der Waals surface area contributed by atoms with Gasteiger partial charge >= 0.3 is 5.97 Å². The van der Waals surface area contributed by atoms with Gasteiger partial charge in [-0.25, -0.2) is 4.79 Å². The van der Waals surface area contributed by atoms with Crippen molar-refractivity contribution in [2.24, 2.45) is 0 Å². The van der Waals surface area contributed by atoms with Crippen LogP contribution in [-0.4, -0.2) is 50.5 Å². The number of hydrogen-bond donors (Lipinski definition) is 1. The Kier molecular flexibility index (Phi) is 6.21. The summed E-state index contributed by atoms with van der Waals surface area (Å²) in [6.07, 6.45) is 4.53. The van der Waals surface area contributed by atoms with E-state index < -0.39 is 5.97 Å². The number of carbonyl (C=O) groups is 2. The molecule has 7 heteroatoms. The molecule has 0 bridgehead atoms. The number of carboxylic acid groups (broad SMARTS) is 1. The Morgan fingerprint density at radius 1 is 1.22 bits per heavy atom. The summed E-state index contributed by atoms with van der Waals surface area (Å²) in [6.45, 7) is 5.69. The summed E-state index contributed by atoms with van der Waals surface area (Å²) in [6, 6.07) is 8.56. The van der Waals surface area contributed by atoms with Gasteiger partial charge < -0.3 is 10.0 Å². The Balaban J connectivity index is 1.47. The molecule has 1 amide bonds. The smallest absolute Gasteiger partial charge is 0.338 e. The van der Waals surface area contributed by atoms with Gasteiger partial charge in [0.25, 0.3) is 0 Å². The summed E-state index contributed by atoms with van der Waals surface area (Å²) in [7, 11) is 0. The Morgan fingerprint density at radius 3 is 2.44 bits per heavy atom. The Morgan fingerprint density at radius 2 is 1.89 bits per heavy atom. The molecule has 0 aliphatic carbocycles. The van der Waals surface area contributed by atoms with Gasteiger partial charge in [0, 0.05) is 24.2 Å². The van der Waals surface area contributed by atoms with Crippen LogP contribution in [0.25, 0.3) is 0 Å². The number of rotatable bonds is 6. The van der Waals surface area contributed by atoms with Crippen molar-refractivity contribution in [3.8, 4) is 0 Å². The number of carboxylic acids is 1. The van der Waals surface area contributed by atoms with Crippen molar-refractivity contribution in [1.29, 1.82) is 0 Å². The number of piperidine rings is 1. The molecule has 0 spiro atoms. The van der Waals surface area contributed by atoms with Gasteiger partial charge in [0.1, 0.15) is 0 Å². The predicted molar refractivity (Wildman–Crippen MR) is 105 cm³/mol. The van der Waals surface area contributed by atoms with E-state index in [1.165, 1.54) is 11.8 Å². The van der Waals surface area contributed by atoms with E-state index in [4.69, 9.17) is 5.11 Å². The first-order chi connectivity index (χ1) is 12.9. The van der Waals surface area contributed by atoms with Gasteiger partial charge in [-0.15, -0.1) is 11.8 Å². The molecule has 2 aromatic rings. The summed E-state index contributed by atoms with van der Waals surface area (Å²) >= 11 is 1.57. The molecule has 1 aliphatic rings. The van der Waals surface area contributed by atoms with E-state index in [1.54, 1.807) is 22.6 Å². The first kappa shape index (κ1) is 19.5. The Hall–Kier alpha value is -2.28. The second kappa shape index (κ2) is 8.61. The van der Waals surface area contributed by atoms with Crippen molar-refractivity contribution < 1.29 is 14.7 Å².